The lowest BCUT2D eigenvalue weighted by molar-refractivity contribution is 0.103. The summed E-state index contributed by atoms with van der Waals surface area (Å²) in [5.74, 6) is 0.271. The molecule has 170 valence electrons. The molecule has 0 saturated carbocycles. The van der Waals surface area contributed by atoms with Gasteiger partial charge in [-0.15, -0.1) is 0 Å². The van der Waals surface area contributed by atoms with Gasteiger partial charge in [0, 0.05) is 42.8 Å². The number of aryl methyl sites for hydroxylation is 2. The fraction of sp³-hybridized carbons (Fsp3) is 0.348. The number of fused-ring (bicyclic) bond motifs is 1. The van der Waals surface area contributed by atoms with E-state index in [0.717, 1.165) is 22.5 Å². The molecule has 0 N–H and O–H groups in total. The van der Waals surface area contributed by atoms with Crippen LogP contribution in [0.2, 0.25) is 5.02 Å². The molecule has 0 radical (unpaired) electrons. The van der Waals surface area contributed by atoms with Crippen molar-refractivity contribution < 1.29 is 17.9 Å². The Bertz CT molecular complexity index is 1220. The molecule has 32 heavy (non-hydrogen) atoms. The van der Waals surface area contributed by atoms with E-state index in [1.165, 1.54) is 23.0 Å². The van der Waals surface area contributed by atoms with Gasteiger partial charge in [0.05, 0.1) is 26.0 Å². The second-order valence-corrected chi connectivity index (χ2v) is 10.2. The Morgan fingerprint density at radius 3 is 2.59 bits per heavy atom. The highest BCUT2D eigenvalue weighted by Gasteiger charge is 2.33. The first-order chi connectivity index (χ1) is 15.3. The third-order valence-electron chi connectivity index (χ3n) is 5.66. The standard InChI is InChI=1S/C23H26ClN3O4S/c1-16-4-6-17(7-5-16)14-31-15-20-19-13-27(11-10-21(19)26(2)25-20)32(28,29)23-12-18(24)8-9-22(23)30-3/h4-9,12H,10-11,13-15H2,1-3H3. The lowest BCUT2D eigenvalue weighted by Gasteiger charge is -2.27. The summed E-state index contributed by atoms with van der Waals surface area (Å²) in [5.41, 5.74) is 4.96. The first-order valence-corrected chi connectivity index (χ1v) is 12.1. The zero-order valence-electron chi connectivity index (χ0n) is 18.3. The Balaban J connectivity index is 1.54. The monoisotopic (exact) mass is 475 g/mol. The van der Waals surface area contributed by atoms with Crippen molar-refractivity contribution in [1.29, 1.82) is 0 Å². The van der Waals surface area contributed by atoms with Gasteiger partial charge in [-0.25, -0.2) is 8.42 Å². The van der Waals surface area contributed by atoms with Crippen molar-refractivity contribution in [2.75, 3.05) is 13.7 Å². The Kier molecular flexibility index (Phi) is 6.57. The molecular formula is C23H26ClN3O4S. The third-order valence-corrected chi connectivity index (χ3v) is 7.76. The molecule has 7 nitrogen and oxygen atoms in total. The summed E-state index contributed by atoms with van der Waals surface area (Å²) in [4.78, 5) is 0.0667. The first-order valence-electron chi connectivity index (χ1n) is 10.3. The minimum Gasteiger partial charge on any atom is -0.495 e. The fourth-order valence-electron chi connectivity index (χ4n) is 3.91. The molecule has 0 atom stereocenters. The average molecular weight is 476 g/mol. The summed E-state index contributed by atoms with van der Waals surface area (Å²) in [5, 5.41) is 4.94. The van der Waals surface area contributed by atoms with Gasteiger partial charge in [0.15, 0.2) is 0 Å². The van der Waals surface area contributed by atoms with Crippen molar-refractivity contribution in [3.8, 4) is 5.75 Å². The van der Waals surface area contributed by atoms with Gasteiger partial charge in [0.2, 0.25) is 10.0 Å². The zero-order valence-corrected chi connectivity index (χ0v) is 19.9. The molecule has 0 aliphatic carbocycles. The Hall–Kier alpha value is -2.39. The smallest absolute Gasteiger partial charge is 0.247 e. The van der Waals surface area contributed by atoms with Crippen molar-refractivity contribution in [2.45, 2.75) is 38.0 Å². The molecule has 1 aliphatic heterocycles. The van der Waals surface area contributed by atoms with E-state index >= 15 is 0 Å². The van der Waals surface area contributed by atoms with Crippen LogP contribution in [0.3, 0.4) is 0 Å². The highest BCUT2D eigenvalue weighted by molar-refractivity contribution is 7.89. The van der Waals surface area contributed by atoms with E-state index in [9.17, 15) is 8.42 Å². The zero-order chi connectivity index (χ0) is 22.9. The van der Waals surface area contributed by atoms with Gasteiger partial charge in [0.25, 0.3) is 0 Å². The number of halogens is 1. The largest absolute Gasteiger partial charge is 0.495 e. The number of rotatable bonds is 7. The third kappa shape index (κ3) is 4.54. The van der Waals surface area contributed by atoms with E-state index in [4.69, 9.17) is 21.1 Å². The summed E-state index contributed by atoms with van der Waals surface area (Å²) >= 11 is 6.08. The van der Waals surface area contributed by atoms with E-state index < -0.39 is 10.0 Å². The van der Waals surface area contributed by atoms with Crippen molar-refractivity contribution in [3.05, 3.63) is 75.6 Å². The van der Waals surface area contributed by atoms with Gasteiger partial charge >= 0.3 is 0 Å². The minimum atomic E-state index is -3.80. The minimum absolute atomic E-state index is 0.0667. The Morgan fingerprint density at radius 2 is 1.88 bits per heavy atom. The fourth-order valence-corrected chi connectivity index (χ4v) is 5.73. The molecule has 1 aliphatic rings. The summed E-state index contributed by atoms with van der Waals surface area (Å²) in [7, 11) is -0.472. The van der Waals surface area contributed by atoms with E-state index in [1.54, 1.807) is 12.1 Å². The summed E-state index contributed by atoms with van der Waals surface area (Å²) in [6.45, 7) is 3.40. The lowest BCUT2D eigenvalue weighted by Crippen LogP contribution is -2.36. The van der Waals surface area contributed by atoms with Crippen molar-refractivity contribution in [2.24, 2.45) is 7.05 Å². The summed E-state index contributed by atoms with van der Waals surface area (Å²) in [6.07, 6.45) is 0.568. The van der Waals surface area contributed by atoms with Crippen LogP contribution in [0.25, 0.3) is 0 Å². The van der Waals surface area contributed by atoms with Gasteiger partial charge < -0.3 is 9.47 Å². The predicted molar refractivity (Wildman–Crippen MR) is 122 cm³/mol. The second kappa shape index (κ2) is 9.23. The number of sulfonamides is 1. The number of hydrogen-bond donors (Lipinski definition) is 0. The molecule has 9 heteroatoms. The van der Waals surface area contributed by atoms with E-state index in [2.05, 4.69) is 5.10 Å². The van der Waals surface area contributed by atoms with Crippen LogP contribution in [0.15, 0.2) is 47.4 Å². The first kappa shape index (κ1) is 22.8. The summed E-state index contributed by atoms with van der Waals surface area (Å²) in [6, 6.07) is 12.8. The molecule has 3 aromatic rings. The molecule has 0 fully saturated rings. The SMILES string of the molecule is COc1ccc(Cl)cc1S(=O)(=O)N1CCc2c(c(COCc3ccc(C)cc3)nn2C)C1. The molecule has 0 unspecified atom stereocenters. The van der Waals surface area contributed by atoms with Gasteiger partial charge in [-0.3, -0.25) is 4.68 Å². The molecule has 0 amide bonds. The topological polar surface area (TPSA) is 73.7 Å². The molecule has 2 aromatic carbocycles. The van der Waals surface area contributed by atoms with Gasteiger partial charge in [-0.1, -0.05) is 41.4 Å². The Morgan fingerprint density at radius 1 is 1.12 bits per heavy atom. The van der Waals surface area contributed by atoms with Gasteiger partial charge in [-0.2, -0.15) is 9.40 Å². The number of aromatic nitrogens is 2. The lowest BCUT2D eigenvalue weighted by atomic mass is 10.1. The van der Waals surface area contributed by atoms with Crippen LogP contribution in [-0.4, -0.2) is 36.2 Å². The number of methoxy groups -OCH3 is 1. The van der Waals surface area contributed by atoms with Crippen LogP contribution >= 0.6 is 11.6 Å². The molecule has 0 spiro atoms. The quantitative estimate of drug-likeness (QED) is 0.519. The molecule has 4 rings (SSSR count). The van der Waals surface area contributed by atoms with Crippen molar-refractivity contribution >= 4 is 21.6 Å². The van der Waals surface area contributed by atoms with Crippen LogP contribution in [0.1, 0.15) is 28.1 Å². The number of hydrogen-bond acceptors (Lipinski definition) is 5. The maximum Gasteiger partial charge on any atom is 0.247 e. The highest BCUT2D eigenvalue weighted by Crippen LogP contribution is 2.33. The molecule has 2 heterocycles. The van der Waals surface area contributed by atoms with E-state index in [1.807, 2.05) is 42.9 Å². The second-order valence-electron chi connectivity index (χ2n) is 7.86. The van der Waals surface area contributed by atoms with E-state index in [-0.39, 0.29) is 17.2 Å². The van der Waals surface area contributed by atoms with Crippen LogP contribution in [-0.2, 0) is 48.0 Å². The maximum absolute atomic E-state index is 13.4. The molecule has 0 bridgehead atoms. The van der Waals surface area contributed by atoms with Crippen molar-refractivity contribution in [1.82, 2.24) is 14.1 Å². The van der Waals surface area contributed by atoms with Crippen LogP contribution in [0, 0.1) is 6.92 Å². The average Bonchev–Trinajstić information content (AvgIpc) is 3.10. The molecule has 1 aromatic heterocycles. The number of nitrogens with zero attached hydrogens (tertiary/aromatic N) is 3. The van der Waals surface area contributed by atoms with Gasteiger partial charge in [0.1, 0.15) is 10.6 Å². The number of benzene rings is 2. The van der Waals surface area contributed by atoms with Crippen LogP contribution < -0.4 is 4.74 Å². The maximum atomic E-state index is 13.4. The van der Waals surface area contributed by atoms with E-state index in [0.29, 0.717) is 31.2 Å². The molecular weight excluding hydrogens is 450 g/mol. The Labute approximate surface area is 193 Å². The normalized spacial score (nSPS) is 14.4. The summed E-state index contributed by atoms with van der Waals surface area (Å²) < 4.78 is 41.3. The van der Waals surface area contributed by atoms with Crippen molar-refractivity contribution in [3.63, 3.8) is 0 Å². The number of ether oxygens (including phenoxy) is 2. The van der Waals surface area contributed by atoms with Crippen LogP contribution in [0.5, 0.6) is 5.75 Å². The predicted octanol–water partition coefficient (Wildman–Crippen LogP) is 3.85. The van der Waals surface area contributed by atoms with Crippen LogP contribution in [0.4, 0.5) is 0 Å². The van der Waals surface area contributed by atoms with Gasteiger partial charge in [-0.05, 0) is 30.7 Å². The molecule has 0 saturated heterocycles. The highest BCUT2D eigenvalue weighted by atomic mass is 35.5.